The fourth-order valence-corrected chi connectivity index (χ4v) is 2.18. The summed E-state index contributed by atoms with van der Waals surface area (Å²) in [5, 5.41) is 27.1. The van der Waals surface area contributed by atoms with E-state index in [1.165, 1.54) is 25.7 Å². The van der Waals surface area contributed by atoms with Gasteiger partial charge in [0.2, 0.25) is 0 Å². The van der Waals surface area contributed by atoms with Crippen molar-refractivity contribution in [1.82, 2.24) is 0 Å². The van der Waals surface area contributed by atoms with Crippen molar-refractivity contribution < 1.29 is 34.4 Å². The first-order chi connectivity index (χ1) is 10.8. The third-order valence-corrected chi connectivity index (χ3v) is 3.54. The first-order valence-corrected chi connectivity index (χ1v) is 8.15. The highest BCUT2D eigenvalue weighted by atomic mass is 16.5. The van der Waals surface area contributed by atoms with E-state index in [9.17, 15) is 19.5 Å². The Morgan fingerprint density at radius 1 is 0.870 bits per heavy atom. The van der Waals surface area contributed by atoms with Crippen LogP contribution in [0.1, 0.15) is 71.1 Å². The number of rotatable bonds is 14. The quantitative estimate of drug-likeness (QED) is 0.330. The van der Waals surface area contributed by atoms with Gasteiger partial charge in [-0.05, 0) is 6.42 Å². The molecule has 0 aliphatic rings. The van der Waals surface area contributed by atoms with E-state index in [-0.39, 0.29) is 6.61 Å². The molecule has 0 aliphatic carbocycles. The standard InChI is InChI=1S/C16H28O7/c1-2-3-4-5-6-7-8-9-10-23-14(19)12-16(22,15(20)21)11-13(17)18/h22H,2-12H2,1H3,(H,17,18)(H,20,21). The third kappa shape index (κ3) is 10.7. The molecule has 0 heterocycles. The third-order valence-electron chi connectivity index (χ3n) is 3.54. The lowest BCUT2D eigenvalue weighted by atomic mass is 9.96. The number of carboxylic acid groups (broad SMARTS) is 2. The van der Waals surface area contributed by atoms with Crippen molar-refractivity contribution in [1.29, 1.82) is 0 Å². The number of carboxylic acids is 2. The molecule has 0 radical (unpaired) electrons. The Morgan fingerprint density at radius 2 is 1.39 bits per heavy atom. The Hall–Kier alpha value is -1.63. The van der Waals surface area contributed by atoms with E-state index in [0.717, 1.165) is 19.3 Å². The van der Waals surface area contributed by atoms with Crippen molar-refractivity contribution >= 4 is 17.9 Å². The number of hydrogen-bond acceptors (Lipinski definition) is 5. The molecule has 0 aliphatic heterocycles. The van der Waals surface area contributed by atoms with Gasteiger partial charge >= 0.3 is 17.9 Å². The summed E-state index contributed by atoms with van der Waals surface area (Å²) in [5.41, 5.74) is -2.62. The molecule has 0 saturated carbocycles. The van der Waals surface area contributed by atoms with Gasteiger partial charge in [-0.25, -0.2) is 4.79 Å². The second-order valence-electron chi connectivity index (χ2n) is 5.78. The molecular weight excluding hydrogens is 304 g/mol. The number of hydrogen-bond donors (Lipinski definition) is 3. The summed E-state index contributed by atoms with van der Waals surface area (Å²) in [7, 11) is 0. The fraction of sp³-hybridized carbons (Fsp3) is 0.812. The molecule has 0 spiro atoms. The minimum absolute atomic E-state index is 0.149. The van der Waals surface area contributed by atoms with Gasteiger partial charge in [-0.3, -0.25) is 9.59 Å². The van der Waals surface area contributed by atoms with Gasteiger partial charge in [0.05, 0.1) is 19.4 Å². The lowest BCUT2D eigenvalue weighted by Crippen LogP contribution is -2.43. The lowest BCUT2D eigenvalue weighted by Gasteiger charge is -2.20. The summed E-state index contributed by atoms with van der Waals surface area (Å²) in [6.45, 7) is 2.31. The van der Waals surface area contributed by atoms with Crippen LogP contribution in [0.5, 0.6) is 0 Å². The maximum atomic E-state index is 11.5. The highest BCUT2D eigenvalue weighted by Gasteiger charge is 2.41. The van der Waals surface area contributed by atoms with Crippen LogP contribution in [0.15, 0.2) is 0 Å². The Balaban J connectivity index is 3.85. The first kappa shape index (κ1) is 21.4. The first-order valence-electron chi connectivity index (χ1n) is 8.15. The van der Waals surface area contributed by atoms with E-state index in [0.29, 0.717) is 6.42 Å². The number of aliphatic carboxylic acids is 2. The normalized spacial score (nSPS) is 13.3. The van der Waals surface area contributed by atoms with E-state index >= 15 is 0 Å². The zero-order valence-electron chi connectivity index (χ0n) is 13.8. The zero-order valence-corrected chi connectivity index (χ0v) is 13.8. The predicted molar refractivity (Wildman–Crippen MR) is 83.0 cm³/mol. The summed E-state index contributed by atoms with van der Waals surface area (Å²) in [6.07, 6.45) is 6.77. The van der Waals surface area contributed by atoms with Crippen molar-refractivity contribution in [2.24, 2.45) is 0 Å². The maximum Gasteiger partial charge on any atom is 0.336 e. The zero-order chi connectivity index (χ0) is 17.7. The second-order valence-corrected chi connectivity index (χ2v) is 5.78. The summed E-state index contributed by atoms with van der Waals surface area (Å²) >= 11 is 0. The fourth-order valence-electron chi connectivity index (χ4n) is 2.18. The van der Waals surface area contributed by atoms with Gasteiger partial charge in [0.25, 0.3) is 0 Å². The molecule has 0 amide bonds. The molecule has 1 atom stereocenters. The number of aliphatic hydroxyl groups is 1. The smallest absolute Gasteiger partial charge is 0.336 e. The summed E-state index contributed by atoms with van der Waals surface area (Å²) in [4.78, 5) is 33.0. The Morgan fingerprint density at radius 3 is 1.87 bits per heavy atom. The number of unbranched alkanes of at least 4 members (excludes halogenated alkanes) is 7. The molecule has 0 rings (SSSR count). The topological polar surface area (TPSA) is 121 Å². The van der Waals surface area contributed by atoms with E-state index in [2.05, 4.69) is 6.92 Å². The van der Waals surface area contributed by atoms with Crippen LogP contribution in [0.3, 0.4) is 0 Å². The summed E-state index contributed by atoms with van der Waals surface area (Å²) in [6, 6.07) is 0. The van der Waals surface area contributed by atoms with E-state index in [4.69, 9.17) is 14.9 Å². The van der Waals surface area contributed by atoms with Gasteiger partial charge < -0.3 is 20.1 Å². The van der Waals surface area contributed by atoms with Crippen LogP contribution in [0.4, 0.5) is 0 Å². The molecule has 0 fully saturated rings. The van der Waals surface area contributed by atoms with Gasteiger partial charge in [-0.2, -0.15) is 0 Å². The Kier molecular flexibility index (Phi) is 11.0. The van der Waals surface area contributed by atoms with Crippen LogP contribution < -0.4 is 0 Å². The van der Waals surface area contributed by atoms with Crippen molar-refractivity contribution in [3.05, 3.63) is 0 Å². The molecule has 0 aromatic heterocycles. The Labute approximate surface area is 136 Å². The monoisotopic (exact) mass is 332 g/mol. The average molecular weight is 332 g/mol. The second kappa shape index (κ2) is 11.9. The minimum Gasteiger partial charge on any atom is -0.481 e. The molecule has 0 aromatic rings. The van der Waals surface area contributed by atoms with E-state index < -0.39 is 36.4 Å². The largest absolute Gasteiger partial charge is 0.481 e. The predicted octanol–water partition coefficient (Wildman–Crippen LogP) is 2.35. The van der Waals surface area contributed by atoms with Gasteiger partial charge in [0, 0.05) is 0 Å². The molecule has 134 valence electrons. The number of carbonyl (C=O) groups excluding carboxylic acids is 1. The van der Waals surface area contributed by atoms with Crippen molar-refractivity contribution in [2.45, 2.75) is 76.7 Å². The molecule has 0 saturated heterocycles. The van der Waals surface area contributed by atoms with Crippen LogP contribution in [0.25, 0.3) is 0 Å². The Bertz CT molecular complexity index is 381. The van der Waals surface area contributed by atoms with E-state index in [1.807, 2.05) is 0 Å². The molecule has 7 heteroatoms. The van der Waals surface area contributed by atoms with Crippen molar-refractivity contribution in [3.63, 3.8) is 0 Å². The molecule has 0 aromatic carbocycles. The minimum atomic E-state index is -2.62. The van der Waals surface area contributed by atoms with Crippen molar-refractivity contribution in [3.8, 4) is 0 Å². The van der Waals surface area contributed by atoms with Gasteiger partial charge in [-0.15, -0.1) is 0 Å². The molecule has 1 unspecified atom stereocenters. The van der Waals surface area contributed by atoms with Crippen LogP contribution in [-0.2, 0) is 19.1 Å². The molecule has 7 nitrogen and oxygen atoms in total. The SMILES string of the molecule is CCCCCCCCCCOC(=O)CC(O)(CC(=O)O)C(=O)O. The van der Waals surface area contributed by atoms with Crippen LogP contribution in [-0.4, -0.2) is 45.4 Å². The van der Waals surface area contributed by atoms with Crippen molar-refractivity contribution in [2.75, 3.05) is 6.61 Å². The van der Waals surface area contributed by atoms with Gasteiger partial charge in [0.15, 0.2) is 5.60 Å². The summed E-state index contributed by atoms with van der Waals surface area (Å²) in [5.74, 6) is -4.14. The molecule has 3 N–H and O–H groups in total. The van der Waals surface area contributed by atoms with Crippen LogP contribution in [0, 0.1) is 0 Å². The van der Waals surface area contributed by atoms with Gasteiger partial charge in [0.1, 0.15) is 0 Å². The highest BCUT2D eigenvalue weighted by molar-refractivity contribution is 5.88. The molecule has 23 heavy (non-hydrogen) atoms. The lowest BCUT2D eigenvalue weighted by molar-refractivity contribution is -0.172. The molecular formula is C16H28O7. The highest BCUT2D eigenvalue weighted by Crippen LogP contribution is 2.17. The number of esters is 1. The maximum absolute atomic E-state index is 11.5. The van der Waals surface area contributed by atoms with Gasteiger partial charge in [-0.1, -0.05) is 51.9 Å². The molecule has 0 bridgehead atoms. The number of ether oxygens (including phenoxy) is 1. The van der Waals surface area contributed by atoms with Crippen LogP contribution >= 0.6 is 0 Å². The summed E-state index contributed by atoms with van der Waals surface area (Å²) < 4.78 is 4.86. The average Bonchev–Trinajstić information content (AvgIpc) is 2.44. The number of carbonyl (C=O) groups is 3. The van der Waals surface area contributed by atoms with E-state index in [1.54, 1.807) is 0 Å². The van der Waals surface area contributed by atoms with Crippen LogP contribution in [0.2, 0.25) is 0 Å².